The van der Waals surface area contributed by atoms with E-state index in [1.54, 1.807) is 0 Å². The summed E-state index contributed by atoms with van der Waals surface area (Å²) in [6, 6.07) is 7.66. The second kappa shape index (κ2) is 6.85. The van der Waals surface area contributed by atoms with Crippen molar-refractivity contribution >= 4 is 16.9 Å². The van der Waals surface area contributed by atoms with Crippen LogP contribution in [0.3, 0.4) is 0 Å². The van der Waals surface area contributed by atoms with Gasteiger partial charge in [-0.3, -0.25) is 10.1 Å². The molecule has 2 N–H and O–H groups in total. The van der Waals surface area contributed by atoms with Crippen molar-refractivity contribution in [3.8, 4) is 0 Å². The number of carbonyl (C=O) groups is 1. The van der Waals surface area contributed by atoms with Crippen LogP contribution in [0.4, 0.5) is 0 Å². The van der Waals surface area contributed by atoms with E-state index in [1.165, 1.54) is 10.9 Å². The number of hydrogen-bond acceptors (Lipinski definition) is 4. The van der Waals surface area contributed by atoms with Gasteiger partial charge >= 0.3 is 5.97 Å². The quantitative estimate of drug-likeness (QED) is 0.719. The molecule has 1 aliphatic heterocycles. The van der Waals surface area contributed by atoms with Crippen molar-refractivity contribution in [1.29, 1.82) is 0 Å². The van der Waals surface area contributed by atoms with Crippen LogP contribution in [0.25, 0.3) is 10.9 Å². The van der Waals surface area contributed by atoms with Gasteiger partial charge in [-0.15, -0.1) is 0 Å². The number of carboxylic acids is 1. The summed E-state index contributed by atoms with van der Waals surface area (Å²) in [6.45, 7) is 6.83. The highest BCUT2D eigenvalue weighted by Crippen LogP contribution is 2.36. The van der Waals surface area contributed by atoms with Gasteiger partial charge in [-0.05, 0) is 36.5 Å². The van der Waals surface area contributed by atoms with Crippen molar-refractivity contribution in [3.63, 3.8) is 0 Å². The SMILES string of the molecule is Cc1cc(Cn2cc3c4c(cccc42)[C@H](CC(C)C)N[C@H](C(=O)O)C3)no1. The molecule has 0 radical (unpaired) electrons. The molecule has 4 rings (SSSR count). The number of nitrogens with zero attached hydrogens (tertiary/aromatic N) is 2. The van der Waals surface area contributed by atoms with E-state index >= 15 is 0 Å². The largest absolute Gasteiger partial charge is 0.480 e. The minimum Gasteiger partial charge on any atom is -0.480 e. The molecule has 0 saturated heterocycles. The van der Waals surface area contributed by atoms with E-state index in [4.69, 9.17) is 4.52 Å². The minimum atomic E-state index is -0.801. The second-order valence-electron chi connectivity index (χ2n) is 7.90. The van der Waals surface area contributed by atoms with E-state index in [2.05, 4.69) is 53.3 Å². The molecule has 0 aliphatic carbocycles. The Morgan fingerprint density at radius 2 is 2.26 bits per heavy atom. The van der Waals surface area contributed by atoms with Crippen molar-refractivity contribution in [2.45, 2.75) is 52.2 Å². The van der Waals surface area contributed by atoms with Crippen LogP contribution in [0, 0.1) is 12.8 Å². The smallest absolute Gasteiger partial charge is 0.321 e. The fourth-order valence-corrected chi connectivity index (χ4v) is 4.15. The normalized spacial score (nSPS) is 19.6. The van der Waals surface area contributed by atoms with Crippen molar-refractivity contribution in [2.75, 3.05) is 0 Å². The third-order valence-electron chi connectivity index (χ3n) is 5.23. The molecule has 2 atom stereocenters. The number of aryl methyl sites for hydroxylation is 1. The number of carboxylic acid groups (broad SMARTS) is 1. The number of rotatable bonds is 5. The van der Waals surface area contributed by atoms with Gasteiger partial charge in [-0.25, -0.2) is 0 Å². The van der Waals surface area contributed by atoms with Crippen LogP contribution in [-0.2, 0) is 17.8 Å². The standard InChI is InChI=1S/C21H25N3O3/c1-12(2)7-17-16-5-4-6-19-20(16)14(9-18(22-17)21(25)26)10-24(19)11-15-8-13(3)27-23-15/h4-6,8,10,12,17-18,22H,7,9,11H2,1-3H3,(H,25,26)/t17-,18-/m0/s1. The molecule has 6 heteroatoms. The first-order valence-electron chi connectivity index (χ1n) is 9.44. The Labute approximate surface area is 158 Å². The summed E-state index contributed by atoms with van der Waals surface area (Å²) in [5, 5.41) is 18.4. The lowest BCUT2D eigenvalue weighted by molar-refractivity contribution is -0.139. The molecule has 0 bridgehead atoms. The molecule has 142 valence electrons. The molecular formula is C21H25N3O3. The zero-order valence-electron chi connectivity index (χ0n) is 15.9. The summed E-state index contributed by atoms with van der Waals surface area (Å²) < 4.78 is 7.35. The van der Waals surface area contributed by atoms with Crippen molar-refractivity contribution in [1.82, 2.24) is 15.0 Å². The first-order chi connectivity index (χ1) is 12.9. The predicted octanol–water partition coefficient (Wildman–Crippen LogP) is 3.67. The molecule has 3 heterocycles. The first kappa shape index (κ1) is 17.8. The van der Waals surface area contributed by atoms with E-state index in [9.17, 15) is 9.90 Å². The third kappa shape index (κ3) is 3.37. The van der Waals surface area contributed by atoms with Crippen LogP contribution in [0.1, 0.15) is 48.9 Å². The lowest BCUT2D eigenvalue weighted by Crippen LogP contribution is -2.40. The van der Waals surface area contributed by atoms with Gasteiger partial charge in [0.25, 0.3) is 0 Å². The Kier molecular flexibility index (Phi) is 4.52. The van der Waals surface area contributed by atoms with Crippen molar-refractivity contribution in [2.24, 2.45) is 5.92 Å². The molecule has 1 aromatic carbocycles. The molecule has 0 amide bonds. The van der Waals surface area contributed by atoms with Gasteiger partial charge in [0.1, 0.15) is 17.5 Å². The van der Waals surface area contributed by atoms with Crippen molar-refractivity contribution in [3.05, 3.63) is 53.0 Å². The zero-order chi connectivity index (χ0) is 19.1. The van der Waals surface area contributed by atoms with E-state index in [-0.39, 0.29) is 6.04 Å². The molecule has 0 fully saturated rings. The summed E-state index contributed by atoms with van der Waals surface area (Å²) >= 11 is 0. The molecule has 0 saturated carbocycles. The second-order valence-corrected chi connectivity index (χ2v) is 7.90. The van der Waals surface area contributed by atoms with Gasteiger partial charge in [-0.2, -0.15) is 0 Å². The maximum absolute atomic E-state index is 11.8. The maximum Gasteiger partial charge on any atom is 0.321 e. The number of nitrogens with one attached hydrogen (secondary N) is 1. The molecule has 0 spiro atoms. The van der Waals surface area contributed by atoms with Crippen LogP contribution in [-0.4, -0.2) is 26.8 Å². The zero-order valence-corrected chi connectivity index (χ0v) is 15.9. The Morgan fingerprint density at radius 1 is 1.44 bits per heavy atom. The molecule has 1 aliphatic rings. The number of benzene rings is 1. The van der Waals surface area contributed by atoms with Gasteiger partial charge in [0.2, 0.25) is 0 Å². The highest BCUT2D eigenvalue weighted by molar-refractivity contribution is 5.89. The maximum atomic E-state index is 11.8. The Morgan fingerprint density at radius 3 is 2.93 bits per heavy atom. The van der Waals surface area contributed by atoms with Crippen LogP contribution in [0.2, 0.25) is 0 Å². The molecule has 6 nitrogen and oxygen atoms in total. The summed E-state index contributed by atoms with van der Waals surface area (Å²) in [4.78, 5) is 11.8. The number of aliphatic carboxylic acids is 1. The summed E-state index contributed by atoms with van der Waals surface area (Å²) in [5.41, 5.74) is 4.25. The summed E-state index contributed by atoms with van der Waals surface area (Å²) in [7, 11) is 0. The van der Waals surface area contributed by atoms with Gasteiger partial charge < -0.3 is 14.2 Å². The first-order valence-corrected chi connectivity index (χ1v) is 9.44. The summed E-state index contributed by atoms with van der Waals surface area (Å²) in [6.07, 6.45) is 3.45. The predicted molar refractivity (Wildman–Crippen MR) is 103 cm³/mol. The van der Waals surface area contributed by atoms with Gasteiger partial charge in [0, 0.05) is 35.6 Å². The van der Waals surface area contributed by atoms with Gasteiger partial charge in [0.15, 0.2) is 0 Å². The average molecular weight is 367 g/mol. The third-order valence-corrected chi connectivity index (χ3v) is 5.23. The molecule has 27 heavy (non-hydrogen) atoms. The highest BCUT2D eigenvalue weighted by Gasteiger charge is 2.30. The van der Waals surface area contributed by atoms with Gasteiger partial charge in [0.05, 0.1) is 6.54 Å². The minimum absolute atomic E-state index is 0.0289. The Balaban J connectivity index is 1.83. The van der Waals surface area contributed by atoms with E-state index in [0.717, 1.165) is 29.0 Å². The van der Waals surface area contributed by atoms with E-state index in [0.29, 0.717) is 18.9 Å². The average Bonchev–Trinajstić information content (AvgIpc) is 3.12. The van der Waals surface area contributed by atoms with Crippen LogP contribution >= 0.6 is 0 Å². The topological polar surface area (TPSA) is 80.3 Å². The number of hydrogen-bond donors (Lipinski definition) is 2. The molecular weight excluding hydrogens is 342 g/mol. The van der Waals surface area contributed by atoms with Crippen LogP contribution < -0.4 is 5.32 Å². The van der Waals surface area contributed by atoms with E-state index in [1.807, 2.05) is 13.0 Å². The fraction of sp³-hybridized carbons (Fsp3) is 0.429. The Hall–Kier alpha value is -2.60. The lowest BCUT2D eigenvalue weighted by atomic mass is 9.94. The Bertz CT molecular complexity index is 986. The highest BCUT2D eigenvalue weighted by atomic mass is 16.5. The summed E-state index contributed by atoms with van der Waals surface area (Å²) in [5.74, 6) is 0.453. The van der Waals surface area contributed by atoms with Crippen LogP contribution in [0.15, 0.2) is 35.0 Å². The van der Waals surface area contributed by atoms with E-state index < -0.39 is 12.0 Å². The van der Waals surface area contributed by atoms with Crippen LogP contribution in [0.5, 0.6) is 0 Å². The van der Waals surface area contributed by atoms with Gasteiger partial charge in [-0.1, -0.05) is 31.1 Å². The molecule has 0 unspecified atom stereocenters. The van der Waals surface area contributed by atoms with Crippen molar-refractivity contribution < 1.29 is 14.4 Å². The lowest BCUT2D eigenvalue weighted by Gasteiger charge is -2.23. The molecule has 3 aromatic rings. The molecule has 2 aromatic heterocycles. The fourth-order valence-electron chi connectivity index (χ4n) is 4.15. The number of aromatic nitrogens is 2. The monoisotopic (exact) mass is 367 g/mol.